The van der Waals surface area contributed by atoms with Crippen molar-refractivity contribution < 1.29 is 19.1 Å². The molecule has 0 saturated heterocycles. The highest BCUT2D eigenvalue weighted by atomic mass is 35.5. The van der Waals surface area contributed by atoms with E-state index in [0.717, 1.165) is 5.56 Å². The number of anilines is 1. The molecule has 2 rings (SSSR count). The van der Waals surface area contributed by atoms with Crippen molar-refractivity contribution in [3.05, 3.63) is 53.1 Å². The highest BCUT2D eigenvalue weighted by molar-refractivity contribution is 6.32. The van der Waals surface area contributed by atoms with Crippen LogP contribution in [0.4, 0.5) is 5.69 Å². The molecule has 0 fully saturated rings. The molecule has 0 aromatic heterocycles. The first kappa shape index (κ1) is 17.6. The molecule has 0 aliphatic rings. The first-order valence-corrected chi connectivity index (χ1v) is 7.43. The normalized spacial score (nSPS) is 10.5. The zero-order valence-electron chi connectivity index (χ0n) is 13.3. The van der Waals surface area contributed by atoms with Crippen molar-refractivity contribution in [1.82, 2.24) is 0 Å². The Morgan fingerprint density at radius 1 is 1.17 bits per heavy atom. The van der Waals surface area contributed by atoms with E-state index in [4.69, 9.17) is 25.9 Å². The van der Waals surface area contributed by atoms with Gasteiger partial charge in [0.05, 0.1) is 25.5 Å². The van der Waals surface area contributed by atoms with E-state index < -0.39 is 0 Å². The molecule has 24 heavy (non-hydrogen) atoms. The second kappa shape index (κ2) is 8.79. The summed E-state index contributed by atoms with van der Waals surface area (Å²) in [6.45, 7) is -0.227. The van der Waals surface area contributed by atoms with Crippen LogP contribution >= 0.6 is 11.6 Å². The maximum Gasteiger partial charge on any atom is 0.265 e. The molecule has 0 heterocycles. The van der Waals surface area contributed by atoms with E-state index >= 15 is 0 Å². The Bertz CT molecular complexity index is 734. The maximum absolute atomic E-state index is 11.8. The lowest BCUT2D eigenvalue weighted by Gasteiger charge is -2.07. The minimum atomic E-state index is -0.353. The van der Waals surface area contributed by atoms with E-state index in [1.165, 1.54) is 13.3 Å². The Morgan fingerprint density at radius 3 is 2.62 bits per heavy atom. The molecule has 0 saturated carbocycles. The number of methoxy groups -OCH3 is 2. The molecule has 0 aliphatic carbocycles. The largest absolute Gasteiger partial charge is 0.496 e. The third-order valence-electron chi connectivity index (χ3n) is 3.04. The molecule has 126 valence electrons. The number of nitrogens with zero attached hydrogens (tertiary/aromatic N) is 1. The van der Waals surface area contributed by atoms with Crippen molar-refractivity contribution in [2.45, 2.75) is 0 Å². The fraction of sp³-hybridized carbons (Fsp3) is 0.176. The number of carbonyl (C=O) groups is 1. The molecule has 1 N–H and O–H groups in total. The molecule has 7 heteroatoms. The molecule has 0 spiro atoms. The van der Waals surface area contributed by atoms with Crippen molar-refractivity contribution >= 4 is 29.4 Å². The standard InChI is InChI=1S/C17H17ClN2O4/c1-22-15-6-4-3-5-12(15)10-19-24-11-17(21)20-13-7-8-16(23-2)14(18)9-13/h3-10H,11H2,1-2H3,(H,20,21)/b19-10-. The summed E-state index contributed by atoms with van der Waals surface area (Å²) in [5, 5.41) is 6.83. The zero-order valence-corrected chi connectivity index (χ0v) is 14.0. The van der Waals surface area contributed by atoms with Gasteiger partial charge in [0.25, 0.3) is 5.91 Å². The number of nitrogens with one attached hydrogen (secondary N) is 1. The van der Waals surface area contributed by atoms with Gasteiger partial charge in [-0.25, -0.2) is 0 Å². The number of hydrogen-bond donors (Lipinski definition) is 1. The van der Waals surface area contributed by atoms with E-state index in [1.54, 1.807) is 25.3 Å². The number of para-hydroxylation sites is 1. The van der Waals surface area contributed by atoms with Crippen LogP contribution < -0.4 is 14.8 Å². The topological polar surface area (TPSA) is 69.2 Å². The van der Waals surface area contributed by atoms with Crippen LogP contribution in [0.15, 0.2) is 47.6 Å². The molecule has 2 aromatic carbocycles. The second-order valence-corrected chi connectivity index (χ2v) is 5.05. The lowest BCUT2D eigenvalue weighted by molar-refractivity contribution is -0.120. The van der Waals surface area contributed by atoms with Crippen LogP contribution in [0.5, 0.6) is 11.5 Å². The van der Waals surface area contributed by atoms with E-state index in [-0.39, 0.29) is 12.5 Å². The average Bonchev–Trinajstić information content (AvgIpc) is 2.59. The third-order valence-corrected chi connectivity index (χ3v) is 3.33. The number of carbonyl (C=O) groups excluding carboxylic acids is 1. The maximum atomic E-state index is 11.8. The van der Waals surface area contributed by atoms with Crippen molar-refractivity contribution in [3.63, 3.8) is 0 Å². The minimum absolute atomic E-state index is 0.227. The second-order valence-electron chi connectivity index (χ2n) is 4.65. The minimum Gasteiger partial charge on any atom is -0.496 e. The lowest BCUT2D eigenvalue weighted by Crippen LogP contribution is -2.17. The number of rotatable bonds is 7. The lowest BCUT2D eigenvalue weighted by atomic mass is 10.2. The highest BCUT2D eigenvalue weighted by Gasteiger charge is 2.06. The zero-order chi connectivity index (χ0) is 17.4. The van der Waals surface area contributed by atoms with E-state index in [2.05, 4.69) is 10.5 Å². The van der Waals surface area contributed by atoms with Gasteiger partial charge >= 0.3 is 0 Å². The third kappa shape index (κ3) is 4.89. The first-order chi connectivity index (χ1) is 11.6. The Kier molecular flexibility index (Phi) is 6.45. The summed E-state index contributed by atoms with van der Waals surface area (Å²) in [6, 6.07) is 12.3. The smallest absolute Gasteiger partial charge is 0.265 e. The van der Waals surface area contributed by atoms with Gasteiger partial charge in [0, 0.05) is 11.3 Å². The van der Waals surface area contributed by atoms with Gasteiger partial charge in [0.2, 0.25) is 0 Å². The number of halogens is 1. The molecule has 6 nitrogen and oxygen atoms in total. The summed E-state index contributed by atoms with van der Waals surface area (Å²) in [7, 11) is 3.09. The number of hydrogen-bond acceptors (Lipinski definition) is 5. The van der Waals surface area contributed by atoms with E-state index in [1.807, 2.05) is 24.3 Å². The predicted octanol–water partition coefficient (Wildman–Crippen LogP) is 3.35. The monoisotopic (exact) mass is 348 g/mol. The van der Waals surface area contributed by atoms with Crippen molar-refractivity contribution in [2.75, 3.05) is 26.1 Å². The van der Waals surface area contributed by atoms with Crippen LogP contribution in [0.25, 0.3) is 0 Å². The molecule has 2 aromatic rings. The van der Waals surface area contributed by atoms with Gasteiger partial charge in [-0.1, -0.05) is 28.9 Å². The summed E-state index contributed by atoms with van der Waals surface area (Å²) >= 11 is 5.99. The molecule has 0 bridgehead atoms. The Balaban J connectivity index is 1.85. The molecule has 1 amide bonds. The van der Waals surface area contributed by atoms with Crippen molar-refractivity contribution in [1.29, 1.82) is 0 Å². The van der Waals surface area contributed by atoms with Gasteiger partial charge in [-0.15, -0.1) is 0 Å². The molecule has 0 aliphatic heterocycles. The fourth-order valence-electron chi connectivity index (χ4n) is 1.90. The van der Waals surface area contributed by atoms with Crippen LogP contribution in [0.1, 0.15) is 5.56 Å². The van der Waals surface area contributed by atoms with Gasteiger partial charge < -0.3 is 19.6 Å². The predicted molar refractivity (Wildman–Crippen MR) is 93.2 cm³/mol. The van der Waals surface area contributed by atoms with Crippen LogP contribution in [0, 0.1) is 0 Å². The number of oxime groups is 1. The van der Waals surface area contributed by atoms with Gasteiger partial charge in [-0.3, -0.25) is 4.79 Å². The fourth-order valence-corrected chi connectivity index (χ4v) is 2.16. The Morgan fingerprint density at radius 2 is 1.92 bits per heavy atom. The Hall–Kier alpha value is -2.73. The number of amides is 1. The van der Waals surface area contributed by atoms with Crippen LogP contribution in [-0.4, -0.2) is 32.9 Å². The van der Waals surface area contributed by atoms with E-state index in [0.29, 0.717) is 22.2 Å². The Labute approximate surface area is 145 Å². The number of benzene rings is 2. The van der Waals surface area contributed by atoms with Crippen molar-refractivity contribution in [2.24, 2.45) is 5.16 Å². The average molecular weight is 349 g/mol. The van der Waals surface area contributed by atoms with Crippen LogP contribution in [0.3, 0.4) is 0 Å². The summed E-state index contributed by atoms with van der Waals surface area (Å²) in [4.78, 5) is 16.8. The molecule has 0 atom stereocenters. The van der Waals surface area contributed by atoms with Gasteiger partial charge in [0.15, 0.2) is 6.61 Å². The quantitative estimate of drug-likeness (QED) is 0.615. The SMILES string of the molecule is COc1ccc(NC(=O)CO/N=C\c2ccccc2OC)cc1Cl. The molecular weight excluding hydrogens is 332 g/mol. The summed E-state index contributed by atoms with van der Waals surface area (Å²) in [5.41, 5.74) is 1.30. The summed E-state index contributed by atoms with van der Waals surface area (Å²) in [6.07, 6.45) is 1.48. The van der Waals surface area contributed by atoms with Crippen LogP contribution in [0.2, 0.25) is 5.02 Å². The summed E-state index contributed by atoms with van der Waals surface area (Å²) < 4.78 is 10.2. The highest BCUT2D eigenvalue weighted by Crippen LogP contribution is 2.27. The van der Waals surface area contributed by atoms with E-state index in [9.17, 15) is 4.79 Å². The number of ether oxygens (including phenoxy) is 2. The molecular formula is C17H17ClN2O4. The van der Waals surface area contributed by atoms with Crippen molar-refractivity contribution in [3.8, 4) is 11.5 Å². The van der Waals surface area contributed by atoms with Gasteiger partial charge in [0.1, 0.15) is 11.5 Å². The van der Waals surface area contributed by atoms with Crippen LogP contribution in [-0.2, 0) is 9.63 Å². The molecule has 0 radical (unpaired) electrons. The van der Waals surface area contributed by atoms with Gasteiger partial charge in [-0.2, -0.15) is 0 Å². The van der Waals surface area contributed by atoms with Gasteiger partial charge in [-0.05, 0) is 30.3 Å². The summed E-state index contributed by atoms with van der Waals surface area (Å²) in [5.74, 6) is 0.850. The first-order valence-electron chi connectivity index (χ1n) is 7.05. The molecule has 0 unspecified atom stereocenters.